The van der Waals surface area contributed by atoms with E-state index in [0.29, 0.717) is 6.54 Å². The van der Waals surface area contributed by atoms with Crippen molar-refractivity contribution < 1.29 is 5.11 Å². The minimum absolute atomic E-state index is 0.424. The van der Waals surface area contributed by atoms with Gasteiger partial charge in [-0.1, -0.05) is 36.4 Å². The van der Waals surface area contributed by atoms with Crippen LogP contribution in [-0.2, 0) is 0 Å². The molecule has 0 radical (unpaired) electrons. The first kappa shape index (κ1) is 13.0. The van der Waals surface area contributed by atoms with E-state index >= 15 is 0 Å². The van der Waals surface area contributed by atoms with Gasteiger partial charge in [0.2, 0.25) is 5.13 Å². The van der Waals surface area contributed by atoms with Crippen LogP contribution >= 0.6 is 11.5 Å². The number of aromatic nitrogens is 2. The number of benzene rings is 2. The second-order valence-electron chi connectivity index (χ2n) is 4.65. The van der Waals surface area contributed by atoms with Crippen molar-refractivity contribution in [1.29, 1.82) is 0 Å². The van der Waals surface area contributed by atoms with Gasteiger partial charge in [-0.3, -0.25) is 0 Å². The van der Waals surface area contributed by atoms with E-state index in [9.17, 15) is 5.11 Å². The van der Waals surface area contributed by atoms with Crippen LogP contribution in [0.25, 0.3) is 10.8 Å². The van der Waals surface area contributed by atoms with Crippen molar-refractivity contribution in [3.63, 3.8) is 0 Å². The highest BCUT2D eigenvalue weighted by Crippen LogP contribution is 2.21. The maximum atomic E-state index is 10.2. The van der Waals surface area contributed by atoms with Crippen LogP contribution in [0.4, 0.5) is 5.13 Å². The first-order valence-corrected chi connectivity index (χ1v) is 7.20. The summed E-state index contributed by atoms with van der Waals surface area (Å²) in [7, 11) is 0. The van der Waals surface area contributed by atoms with Crippen LogP contribution in [0.2, 0.25) is 0 Å². The van der Waals surface area contributed by atoms with Crippen LogP contribution in [0.5, 0.6) is 0 Å². The predicted octanol–water partition coefficient (Wildman–Crippen LogP) is 3.15. The largest absolute Gasteiger partial charge is 0.387 e. The van der Waals surface area contributed by atoms with Crippen LogP contribution in [-0.4, -0.2) is 21.0 Å². The SMILES string of the molecule is Cc1nsc(NCC(O)c2ccc3ccccc3c2)n1. The maximum absolute atomic E-state index is 10.2. The lowest BCUT2D eigenvalue weighted by Gasteiger charge is -2.12. The molecule has 0 aliphatic heterocycles. The smallest absolute Gasteiger partial charge is 0.202 e. The van der Waals surface area contributed by atoms with Gasteiger partial charge < -0.3 is 10.4 Å². The Labute approximate surface area is 121 Å². The van der Waals surface area contributed by atoms with E-state index in [4.69, 9.17) is 0 Å². The summed E-state index contributed by atoms with van der Waals surface area (Å²) in [5.74, 6) is 0.748. The lowest BCUT2D eigenvalue weighted by atomic mass is 10.0. The average molecular weight is 285 g/mol. The van der Waals surface area contributed by atoms with Gasteiger partial charge in [-0.2, -0.15) is 4.37 Å². The third-order valence-electron chi connectivity index (χ3n) is 3.13. The highest BCUT2D eigenvalue weighted by atomic mass is 32.1. The Balaban J connectivity index is 1.73. The molecule has 1 heterocycles. The number of hydrogen-bond acceptors (Lipinski definition) is 5. The molecule has 0 amide bonds. The second-order valence-corrected chi connectivity index (χ2v) is 5.40. The van der Waals surface area contributed by atoms with Crippen LogP contribution in [0.3, 0.4) is 0 Å². The number of aliphatic hydroxyl groups is 1. The van der Waals surface area contributed by atoms with Crippen molar-refractivity contribution in [3.05, 3.63) is 53.9 Å². The molecule has 1 unspecified atom stereocenters. The van der Waals surface area contributed by atoms with Gasteiger partial charge in [0.15, 0.2) is 0 Å². The normalized spacial score (nSPS) is 12.5. The zero-order chi connectivity index (χ0) is 13.9. The standard InChI is InChI=1S/C15H15N3OS/c1-10-17-15(20-18-10)16-9-14(19)13-7-6-11-4-2-3-5-12(11)8-13/h2-8,14,19H,9H2,1H3,(H,16,17,18). The quantitative estimate of drug-likeness (QED) is 0.773. The summed E-state index contributed by atoms with van der Waals surface area (Å²) in [6, 6.07) is 14.1. The summed E-state index contributed by atoms with van der Waals surface area (Å²) in [5.41, 5.74) is 0.900. The summed E-state index contributed by atoms with van der Waals surface area (Å²) in [4.78, 5) is 4.21. The van der Waals surface area contributed by atoms with E-state index in [0.717, 1.165) is 21.9 Å². The summed E-state index contributed by atoms with van der Waals surface area (Å²) in [5, 5.41) is 16.4. The number of hydrogen-bond donors (Lipinski definition) is 2. The minimum atomic E-state index is -0.566. The monoisotopic (exact) mass is 285 g/mol. The number of nitrogens with one attached hydrogen (secondary N) is 1. The molecule has 1 atom stereocenters. The molecular formula is C15H15N3OS. The molecule has 4 nitrogen and oxygen atoms in total. The molecule has 0 spiro atoms. The highest BCUT2D eigenvalue weighted by molar-refractivity contribution is 7.09. The van der Waals surface area contributed by atoms with Crippen molar-refractivity contribution in [3.8, 4) is 0 Å². The molecule has 0 bridgehead atoms. The predicted molar refractivity (Wildman–Crippen MR) is 82.0 cm³/mol. The van der Waals surface area contributed by atoms with Crippen molar-refractivity contribution >= 4 is 27.4 Å². The van der Waals surface area contributed by atoms with Gasteiger partial charge in [0.25, 0.3) is 0 Å². The fourth-order valence-corrected chi connectivity index (χ4v) is 2.67. The summed E-state index contributed by atoms with van der Waals surface area (Å²) in [6.45, 7) is 2.27. The number of aliphatic hydroxyl groups excluding tert-OH is 1. The molecule has 2 aromatic carbocycles. The molecule has 0 saturated heterocycles. The van der Waals surface area contributed by atoms with Gasteiger partial charge in [-0.15, -0.1) is 0 Å². The van der Waals surface area contributed by atoms with Crippen molar-refractivity contribution in [1.82, 2.24) is 9.36 Å². The number of anilines is 1. The van der Waals surface area contributed by atoms with Gasteiger partial charge in [0.1, 0.15) is 5.82 Å². The van der Waals surface area contributed by atoms with E-state index < -0.39 is 6.10 Å². The van der Waals surface area contributed by atoms with E-state index in [1.807, 2.05) is 43.3 Å². The summed E-state index contributed by atoms with van der Waals surface area (Å²) < 4.78 is 4.09. The topological polar surface area (TPSA) is 58.0 Å². The molecular weight excluding hydrogens is 270 g/mol. The summed E-state index contributed by atoms with van der Waals surface area (Å²) >= 11 is 1.31. The fraction of sp³-hybridized carbons (Fsp3) is 0.200. The first-order chi connectivity index (χ1) is 9.72. The van der Waals surface area contributed by atoms with Gasteiger partial charge in [-0.25, -0.2) is 4.98 Å². The lowest BCUT2D eigenvalue weighted by molar-refractivity contribution is 0.192. The van der Waals surface area contributed by atoms with Crippen LogP contribution < -0.4 is 5.32 Å². The van der Waals surface area contributed by atoms with E-state index in [-0.39, 0.29) is 0 Å². The molecule has 0 fully saturated rings. The number of aryl methyl sites for hydroxylation is 1. The van der Waals surface area contributed by atoms with Crippen molar-refractivity contribution in [2.24, 2.45) is 0 Å². The molecule has 3 aromatic rings. The van der Waals surface area contributed by atoms with Crippen LogP contribution in [0.15, 0.2) is 42.5 Å². The molecule has 5 heteroatoms. The molecule has 20 heavy (non-hydrogen) atoms. The Morgan fingerprint density at radius 1 is 1.20 bits per heavy atom. The number of rotatable bonds is 4. The van der Waals surface area contributed by atoms with E-state index in [1.165, 1.54) is 16.9 Å². The maximum Gasteiger partial charge on any atom is 0.202 e. The molecule has 2 N–H and O–H groups in total. The molecule has 0 saturated carbocycles. The third-order valence-corrected chi connectivity index (χ3v) is 3.90. The molecule has 1 aromatic heterocycles. The molecule has 0 aliphatic rings. The highest BCUT2D eigenvalue weighted by Gasteiger charge is 2.09. The van der Waals surface area contributed by atoms with Crippen LogP contribution in [0, 0.1) is 6.92 Å². The van der Waals surface area contributed by atoms with Crippen molar-refractivity contribution in [2.75, 3.05) is 11.9 Å². The first-order valence-electron chi connectivity index (χ1n) is 6.43. The lowest BCUT2D eigenvalue weighted by Crippen LogP contribution is -2.11. The number of nitrogens with zero attached hydrogens (tertiary/aromatic N) is 2. The zero-order valence-electron chi connectivity index (χ0n) is 11.1. The van der Waals surface area contributed by atoms with Gasteiger partial charge in [-0.05, 0) is 29.3 Å². The minimum Gasteiger partial charge on any atom is -0.387 e. The van der Waals surface area contributed by atoms with E-state index in [1.54, 1.807) is 0 Å². The Morgan fingerprint density at radius 2 is 2.00 bits per heavy atom. The molecule has 3 rings (SSSR count). The number of fused-ring (bicyclic) bond motifs is 1. The Morgan fingerprint density at radius 3 is 2.75 bits per heavy atom. The Kier molecular flexibility index (Phi) is 3.62. The zero-order valence-corrected chi connectivity index (χ0v) is 11.9. The molecule has 102 valence electrons. The van der Waals surface area contributed by atoms with Crippen molar-refractivity contribution in [2.45, 2.75) is 13.0 Å². The molecule has 0 aliphatic carbocycles. The Hall–Kier alpha value is -1.98. The van der Waals surface area contributed by atoms with Gasteiger partial charge in [0, 0.05) is 18.1 Å². The van der Waals surface area contributed by atoms with Gasteiger partial charge >= 0.3 is 0 Å². The fourth-order valence-electron chi connectivity index (χ4n) is 2.09. The van der Waals surface area contributed by atoms with E-state index in [2.05, 4.69) is 20.7 Å². The average Bonchev–Trinajstić information content (AvgIpc) is 2.90. The third kappa shape index (κ3) is 2.79. The summed E-state index contributed by atoms with van der Waals surface area (Å²) in [6.07, 6.45) is -0.566. The second kappa shape index (κ2) is 5.56. The van der Waals surface area contributed by atoms with Gasteiger partial charge in [0.05, 0.1) is 6.10 Å². The van der Waals surface area contributed by atoms with Crippen LogP contribution in [0.1, 0.15) is 17.5 Å². The Bertz CT molecular complexity index is 726.